The Balaban J connectivity index is 1.48. The van der Waals surface area contributed by atoms with Gasteiger partial charge in [0.2, 0.25) is 27.7 Å². The van der Waals surface area contributed by atoms with Gasteiger partial charge in [-0.15, -0.1) is 0 Å². The van der Waals surface area contributed by atoms with Crippen molar-refractivity contribution in [2.45, 2.75) is 30.7 Å². The standard InChI is InChI=1S/C21H25N3O6S/c1-14(24-20(26)17-7-2-3-8-18(17)21(24)27)19(25)22-15-5-4-6-16(13-15)31(28,29)23-9-11-30-12-10-23/h2-6,13-14,17-18H,7-12H2,1H3,(H,22,25)/t14-,17+,18+/m0/s1. The molecule has 31 heavy (non-hydrogen) atoms. The Morgan fingerprint density at radius 2 is 1.71 bits per heavy atom. The number of likely N-dealkylation sites (tertiary alicyclic amines) is 1. The number of nitrogens with one attached hydrogen (secondary N) is 1. The monoisotopic (exact) mass is 447 g/mol. The topological polar surface area (TPSA) is 113 Å². The van der Waals surface area contributed by atoms with E-state index in [1.54, 1.807) is 12.1 Å². The predicted octanol–water partition coefficient (Wildman–Crippen LogP) is 0.986. The average Bonchev–Trinajstić information content (AvgIpc) is 3.04. The molecule has 1 aliphatic carbocycles. The second-order valence-electron chi connectivity index (χ2n) is 7.91. The smallest absolute Gasteiger partial charge is 0.247 e. The third kappa shape index (κ3) is 4.02. The highest BCUT2D eigenvalue weighted by Gasteiger charge is 2.50. The number of allylic oxidation sites excluding steroid dienone is 2. The molecule has 4 rings (SSSR count). The minimum absolute atomic E-state index is 0.0604. The number of sulfonamides is 1. The number of carbonyl (C=O) groups excluding carboxylic acids is 3. The molecule has 0 aromatic heterocycles. The molecule has 3 amide bonds. The zero-order chi connectivity index (χ0) is 22.2. The van der Waals surface area contributed by atoms with Gasteiger partial charge >= 0.3 is 0 Å². The number of imide groups is 1. The molecule has 9 nitrogen and oxygen atoms in total. The lowest BCUT2D eigenvalue weighted by molar-refractivity contribution is -0.146. The molecule has 2 saturated heterocycles. The van der Waals surface area contributed by atoms with Crippen LogP contribution in [0.1, 0.15) is 19.8 Å². The molecule has 166 valence electrons. The van der Waals surface area contributed by atoms with Crippen LogP contribution in [0.15, 0.2) is 41.3 Å². The van der Waals surface area contributed by atoms with E-state index in [-0.39, 0.29) is 35.5 Å². The Bertz CT molecular complexity index is 1010. The first kappa shape index (κ1) is 21.7. The lowest BCUT2D eigenvalue weighted by Crippen LogP contribution is -2.46. The van der Waals surface area contributed by atoms with Crippen LogP contribution in [0.3, 0.4) is 0 Å². The largest absolute Gasteiger partial charge is 0.379 e. The molecule has 1 aromatic carbocycles. The van der Waals surface area contributed by atoms with Crippen LogP contribution >= 0.6 is 0 Å². The molecule has 2 heterocycles. The van der Waals surface area contributed by atoms with Crippen molar-refractivity contribution in [1.29, 1.82) is 0 Å². The van der Waals surface area contributed by atoms with Crippen LogP contribution in [0.25, 0.3) is 0 Å². The number of fused-ring (bicyclic) bond motifs is 1. The minimum atomic E-state index is -3.71. The van der Waals surface area contributed by atoms with Crippen molar-refractivity contribution in [3.8, 4) is 0 Å². The Hall–Kier alpha value is -2.56. The van der Waals surface area contributed by atoms with Crippen LogP contribution in [0.5, 0.6) is 0 Å². The number of hydrogen-bond donors (Lipinski definition) is 1. The van der Waals surface area contributed by atoms with Gasteiger partial charge in [-0.1, -0.05) is 18.2 Å². The van der Waals surface area contributed by atoms with E-state index < -0.39 is 33.8 Å². The van der Waals surface area contributed by atoms with E-state index in [9.17, 15) is 22.8 Å². The van der Waals surface area contributed by atoms with Crippen LogP contribution < -0.4 is 5.32 Å². The molecular weight excluding hydrogens is 422 g/mol. The first-order chi connectivity index (χ1) is 14.8. The van der Waals surface area contributed by atoms with E-state index >= 15 is 0 Å². The summed E-state index contributed by atoms with van der Waals surface area (Å²) in [7, 11) is -3.71. The molecular formula is C21H25N3O6S. The Morgan fingerprint density at radius 3 is 2.32 bits per heavy atom. The fraction of sp³-hybridized carbons (Fsp3) is 0.476. The van der Waals surface area contributed by atoms with Crippen LogP contribution in [-0.2, 0) is 29.1 Å². The van der Waals surface area contributed by atoms with Gasteiger partial charge in [0.15, 0.2) is 0 Å². The molecule has 2 fully saturated rings. The number of morpholine rings is 1. The van der Waals surface area contributed by atoms with Crippen molar-refractivity contribution in [3.63, 3.8) is 0 Å². The van der Waals surface area contributed by atoms with Crippen molar-refractivity contribution < 1.29 is 27.5 Å². The number of hydrogen-bond acceptors (Lipinski definition) is 6. The van der Waals surface area contributed by atoms with Gasteiger partial charge in [-0.2, -0.15) is 4.31 Å². The molecule has 3 aliphatic rings. The minimum Gasteiger partial charge on any atom is -0.379 e. The summed E-state index contributed by atoms with van der Waals surface area (Å²) in [5.74, 6) is -2.02. The number of amides is 3. The SMILES string of the molecule is C[C@@H](C(=O)Nc1cccc(S(=O)(=O)N2CCOCC2)c1)N1C(=O)[C@@H]2CC=CC[C@H]2C1=O. The molecule has 1 N–H and O–H groups in total. The first-order valence-corrected chi connectivity index (χ1v) is 11.8. The van der Waals surface area contributed by atoms with E-state index in [1.807, 2.05) is 12.2 Å². The molecule has 0 radical (unpaired) electrons. The maximum absolute atomic E-state index is 12.9. The van der Waals surface area contributed by atoms with Gasteiger partial charge in [0.05, 0.1) is 29.9 Å². The molecule has 10 heteroatoms. The predicted molar refractivity (Wildman–Crippen MR) is 111 cm³/mol. The van der Waals surface area contributed by atoms with Gasteiger partial charge < -0.3 is 10.1 Å². The fourth-order valence-electron chi connectivity index (χ4n) is 4.24. The highest BCUT2D eigenvalue weighted by atomic mass is 32.2. The molecule has 3 atom stereocenters. The van der Waals surface area contributed by atoms with E-state index in [0.29, 0.717) is 26.1 Å². The molecule has 0 unspecified atom stereocenters. The highest BCUT2D eigenvalue weighted by molar-refractivity contribution is 7.89. The Morgan fingerprint density at radius 1 is 1.10 bits per heavy atom. The highest BCUT2D eigenvalue weighted by Crippen LogP contribution is 2.36. The number of anilines is 1. The summed E-state index contributed by atoms with van der Waals surface area (Å²) < 4.78 is 32.3. The van der Waals surface area contributed by atoms with Gasteiger partial charge in [0.1, 0.15) is 6.04 Å². The number of carbonyl (C=O) groups is 3. The average molecular weight is 448 g/mol. The maximum Gasteiger partial charge on any atom is 0.247 e. The second-order valence-corrected chi connectivity index (χ2v) is 9.85. The van der Waals surface area contributed by atoms with E-state index in [2.05, 4.69) is 5.32 Å². The van der Waals surface area contributed by atoms with Crippen LogP contribution in [-0.4, -0.2) is 67.7 Å². The second kappa shape index (κ2) is 8.52. The summed E-state index contributed by atoms with van der Waals surface area (Å²) in [4.78, 5) is 39.3. The number of nitrogens with zero attached hydrogens (tertiary/aromatic N) is 2. The van der Waals surface area contributed by atoms with E-state index in [1.165, 1.54) is 23.4 Å². The lowest BCUT2D eigenvalue weighted by Gasteiger charge is -2.26. The van der Waals surface area contributed by atoms with E-state index in [4.69, 9.17) is 4.74 Å². The number of benzene rings is 1. The summed E-state index contributed by atoms with van der Waals surface area (Å²) in [5, 5.41) is 2.65. The van der Waals surface area contributed by atoms with Crippen molar-refractivity contribution >= 4 is 33.4 Å². The van der Waals surface area contributed by atoms with Crippen LogP contribution in [0.4, 0.5) is 5.69 Å². The Kier molecular flexibility index (Phi) is 5.96. The molecule has 1 aromatic rings. The summed E-state index contributed by atoms with van der Waals surface area (Å²) in [6.45, 7) is 2.72. The maximum atomic E-state index is 12.9. The lowest BCUT2D eigenvalue weighted by atomic mass is 9.85. The quantitative estimate of drug-likeness (QED) is 0.532. The van der Waals surface area contributed by atoms with Crippen molar-refractivity contribution in [1.82, 2.24) is 9.21 Å². The third-order valence-corrected chi connectivity index (χ3v) is 7.91. The third-order valence-electron chi connectivity index (χ3n) is 6.02. The van der Waals surface area contributed by atoms with Gasteiger partial charge in [0.25, 0.3) is 0 Å². The molecule has 0 saturated carbocycles. The van der Waals surface area contributed by atoms with Gasteiger partial charge in [-0.25, -0.2) is 8.42 Å². The molecule has 0 spiro atoms. The Labute approximate surface area is 181 Å². The van der Waals surface area contributed by atoms with Crippen molar-refractivity contribution in [2.75, 3.05) is 31.6 Å². The van der Waals surface area contributed by atoms with Gasteiger partial charge in [-0.3, -0.25) is 19.3 Å². The summed E-state index contributed by atoms with van der Waals surface area (Å²) >= 11 is 0. The zero-order valence-electron chi connectivity index (χ0n) is 17.2. The van der Waals surface area contributed by atoms with Crippen LogP contribution in [0.2, 0.25) is 0 Å². The van der Waals surface area contributed by atoms with Gasteiger partial charge in [-0.05, 0) is 38.0 Å². The molecule has 0 bridgehead atoms. The van der Waals surface area contributed by atoms with Crippen molar-refractivity contribution in [2.24, 2.45) is 11.8 Å². The zero-order valence-corrected chi connectivity index (χ0v) is 18.0. The molecule has 2 aliphatic heterocycles. The normalized spacial score (nSPS) is 25.4. The van der Waals surface area contributed by atoms with E-state index in [0.717, 1.165) is 4.90 Å². The number of rotatable bonds is 5. The van der Waals surface area contributed by atoms with Crippen LogP contribution in [0, 0.1) is 11.8 Å². The summed E-state index contributed by atoms with van der Waals surface area (Å²) in [6, 6.07) is 4.97. The number of ether oxygens (including phenoxy) is 1. The first-order valence-electron chi connectivity index (χ1n) is 10.3. The van der Waals surface area contributed by atoms with Gasteiger partial charge in [0, 0.05) is 18.8 Å². The summed E-state index contributed by atoms with van der Waals surface area (Å²) in [6.07, 6.45) is 4.78. The fourth-order valence-corrected chi connectivity index (χ4v) is 5.70. The summed E-state index contributed by atoms with van der Waals surface area (Å²) in [5.41, 5.74) is 0.282. The van der Waals surface area contributed by atoms with Crippen molar-refractivity contribution in [3.05, 3.63) is 36.4 Å².